The van der Waals surface area contributed by atoms with Crippen LogP contribution in [0.5, 0.6) is 0 Å². The molecule has 0 aromatic rings. The highest BCUT2D eigenvalue weighted by Gasteiger charge is 2.45. The second kappa shape index (κ2) is 25.9. The van der Waals surface area contributed by atoms with E-state index in [0.29, 0.717) is 0 Å². The van der Waals surface area contributed by atoms with Crippen molar-refractivity contribution in [2.45, 2.75) is 41.5 Å². The molecule has 0 aliphatic heterocycles. The van der Waals surface area contributed by atoms with Crippen molar-refractivity contribution in [2.24, 2.45) is 32.5 Å². The van der Waals surface area contributed by atoms with Gasteiger partial charge in [-0.3, -0.25) is 28.8 Å². The fourth-order valence-electron chi connectivity index (χ4n) is 4.70. The second-order valence-corrected chi connectivity index (χ2v) is 15.9. The van der Waals surface area contributed by atoms with E-state index in [-0.39, 0.29) is 52.9 Å². The lowest BCUT2D eigenvalue weighted by Gasteiger charge is -2.31. The molecule has 0 aliphatic carbocycles. The van der Waals surface area contributed by atoms with Crippen LogP contribution >= 0.6 is 0 Å². The number of carbonyl (C=O) groups excluding carboxylic acids is 6. The Kier molecular flexibility index (Phi) is 24.4. The summed E-state index contributed by atoms with van der Waals surface area (Å²) in [6.45, 7) is 1.92. The first-order chi connectivity index (χ1) is 27.5. The van der Waals surface area contributed by atoms with Gasteiger partial charge in [0.25, 0.3) is 0 Å². The predicted octanol–water partition coefficient (Wildman–Crippen LogP) is -1.15. The van der Waals surface area contributed by atoms with Crippen molar-refractivity contribution in [1.29, 1.82) is 0 Å². The molecule has 0 bridgehead atoms. The standard InChI is InChI=1S/C38H66O21/c1-33(15-39,16-40)27(43)56-25-37(5,21-51-9)31(47)58-23-35(3,19-49-7)29(45)54-13-11-53-12-14-55-30(46)36(4,20-50-8)24-59-32(48)38(6,22-52-10)26-57-28(44)34(2,17-41)18-42/h39-42H,11-26H2,1-10H3. The van der Waals surface area contributed by atoms with Gasteiger partial charge in [-0.15, -0.1) is 0 Å². The van der Waals surface area contributed by atoms with Crippen molar-refractivity contribution < 1.29 is 101 Å². The minimum Gasteiger partial charge on any atom is -0.464 e. The van der Waals surface area contributed by atoms with Gasteiger partial charge in [-0.1, -0.05) is 0 Å². The van der Waals surface area contributed by atoms with E-state index in [1.807, 2.05) is 0 Å². The maximum absolute atomic E-state index is 13.2. The van der Waals surface area contributed by atoms with Gasteiger partial charge in [0.2, 0.25) is 0 Å². The first-order valence-electron chi connectivity index (χ1n) is 18.6. The average Bonchev–Trinajstić information content (AvgIpc) is 3.21. The van der Waals surface area contributed by atoms with Crippen LogP contribution < -0.4 is 0 Å². The largest absolute Gasteiger partial charge is 0.464 e. The molecule has 344 valence electrons. The zero-order chi connectivity index (χ0) is 45.6. The van der Waals surface area contributed by atoms with Crippen LogP contribution in [0.25, 0.3) is 0 Å². The average molecular weight is 859 g/mol. The summed E-state index contributed by atoms with van der Waals surface area (Å²) in [6.07, 6.45) is 0. The number of esters is 6. The topological polar surface area (TPSA) is 285 Å². The Hall–Kier alpha value is -3.54. The first-order valence-corrected chi connectivity index (χ1v) is 18.6. The SMILES string of the molecule is COCC(C)(COC(=O)C(C)(COC)COC(=O)C(C)(CO)CO)C(=O)OCCOCCOC(=O)C(C)(COC)COC(=O)C(C)(COC)COC(=O)C(C)(CO)CO. The second-order valence-electron chi connectivity index (χ2n) is 15.9. The summed E-state index contributed by atoms with van der Waals surface area (Å²) in [5.74, 6) is -5.20. The van der Waals surface area contributed by atoms with E-state index in [9.17, 15) is 49.2 Å². The van der Waals surface area contributed by atoms with Crippen molar-refractivity contribution in [3.8, 4) is 0 Å². The molecule has 0 saturated carbocycles. The van der Waals surface area contributed by atoms with Gasteiger partial charge >= 0.3 is 35.8 Å². The highest BCUT2D eigenvalue weighted by molar-refractivity contribution is 5.82. The van der Waals surface area contributed by atoms with E-state index in [4.69, 9.17) is 52.1 Å². The van der Waals surface area contributed by atoms with E-state index in [1.54, 1.807) is 0 Å². The van der Waals surface area contributed by atoms with Crippen molar-refractivity contribution in [3.05, 3.63) is 0 Å². The van der Waals surface area contributed by atoms with Gasteiger partial charge in [-0.25, -0.2) is 0 Å². The third-order valence-corrected chi connectivity index (χ3v) is 9.21. The fraction of sp³-hybridized carbons (Fsp3) is 0.842. The summed E-state index contributed by atoms with van der Waals surface area (Å²) in [7, 11) is 5.31. The molecule has 4 N–H and O–H groups in total. The molecule has 59 heavy (non-hydrogen) atoms. The molecule has 0 spiro atoms. The van der Waals surface area contributed by atoms with Crippen LogP contribution in [0, 0.1) is 32.5 Å². The summed E-state index contributed by atoms with van der Waals surface area (Å²) in [6, 6.07) is 0. The van der Waals surface area contributed by atoms with Crippen LogP contribution in [-0.2, 0) is 80.9 Å². The van der Waals surface area contributed by atoms with E-state index in [1.165, 1.54) is 70.0 Å². The number of ether oxygens (including phenoxy) is 11. The Morgan fingerprint density at radius 2 is 0.525 bits per heavy atom. The van der Waals surface area contributed by atoms with Crippen molar-refractivity contribution in [2.75, 3.05) is 134 Å². The Morgan fingerprint density at radius 3 is 0.729 bits per heavy atom. The van der Waals surface area contributed by atoms with Gasteiger partial charge in [0.05, 0.1) is 66.1 Å². The molecule has 0 aromatic heterocycles. The van der Waals surface area contributed by atoms with Gasteiger partial charge < -0.3 is 72.5 Å². The minimum atomic E-state index is -1.60. The third-order valence-electron chi connectivity index (χ3n) is 9.21. The van der Waals surface area contributed by atoms with Crippen LogP contribution in [0.4, 0.5) is 0 Å². The molecule has 0 heterocycles. The lowest BCUT2D eigenvalue weighted by molar-refractivity contribution is -0.181. The summed E-state index contributed by atoms with van der Waals surface area (Å²) < 4.78 is 58.0. The van der Waals surface area contributed by atoms with E-state index < -0.39 is 121 Å². The van der Waals surface area contributed by atoms with Crippen molar-refractivity contribution in [3.63, 3.8) is 0 Å². The zero-order valence-electron chi connectivity index (χ0n) is 36.0. The van der Waals surface area contributed by atoms with Gasteiger partial charge in [-0.05, 0) is 41.5 Å². The molecular weight excluding hydrogens is 792 g/mol. The number of hydrogen-bond donors (Lipinski definition) is 4. The fourth-order valence-corrected chi connectivity index (χ4v) is 4.70. The maximum atomic E-state index is 13.2. The molecule has 4 atom stereocenters. The molecule has 0 amide bonds. The number of aliphatic hydroxyl groups excluding tert-OH is 4. The van der Waals surface area contributed by atoms with Crippen LogP contribution in [0.2, 0.25) is 0 Å². The Labute approximate surface area is 345 Å². The Morgan fingerprint density at radius 1 is 0.322 bits per heavy atom. The Balaban J connectivity index is 5.18. The van der Waals surface area contributed by atoms with Gasteiger partial charge in [0.1, 0.15) is 72.1 Å². The predicted molar refractivity (Wildman–Crippen MR) is 201 cm³/mol. The normalized spacial score (nSPS) is 16.0. The Bertz CT molecular complexity index is 1230. The highest BCUT2D eigenvalue weighted by atomic mass is 16.6. The lowest BCUT2D eigenvalue weighted by atomic mass is 9.90. The third kappa shape index (κ3) is 16.8. The summed E-state index contributed by atoms with van der Waals surface area (Å²) >= 11 is 0. The lowest BCUT2D eigenvalue weighted by Crippen LogP contribution is -2.45. The smallest absolute Gasteiger partial charge is 0.317 e. The minimum absolute atomic E-state index is 0.116. The van der Waals surface area contributed by atoms with Crippen molar-refractivity contribution in [1.82, 2.24) is 0 Å². The quantitative estimate of drug-likeness (QED) is 0.0353. The molecule has 0 aliphatic rings. The highest BCUT2D eigenvalue weighted by Crippen LogP contribution is 2.28. The number of aliphatic hydroxyl groups is 4. The van der Waals surface area contributed by atoms with Gasteiger partial charge in [0, 0.05) is 28.4 Å². The van der Waals surface area contributed by atoms with Gasteiger partial charge in [-0.2, -0.15) is 0 Å². The molecule has 21 heteroatoms. The van der Waals surface area contributed by atoms with E-state index in [2.05, 4.69) is 0 Å². The number of hydrogen-bond acceptors (Lipinski definition) is 21. The molecule has 0 aromatic carbocycles. The summed E-state index contributed by atoms with van der Waals surface area (Å²) in [5, 5.41) is 37.9. The first kappa shape index (κ1) is 55.5. The zero-order valence-corrected chi connectivity index (χ0v) is 36.0. The molecule has 21 nitrogen and oxygen atoms in total. The molecule has 0 radical (unpaired) electrons. The van der Waals surface area contributed by atoms with E-state index >= 15 is 0 Å². The van der Waals surface area contributed by atoms with E-state index in [0.717, 1.165) is 0 Å². The molecule has 4 unspecified atom stereocenters. The van der Waals surface area contributed by atoms with Crippen LogP contribution in [0.1, 0.15) is 41.5 Å². The molecular formula is C38H66O21. The number of methoxy groups -OCH3 is 4. The number of carbonyl (C=O) groups is 6. The van der Waals surface area contributed by atoms with Crippen LogP contribution in [-0.4, -0.2) is 190 Å². The van der Waals surface area contributed by atoms with Crippen molar-refractivity contribution >= 4 is 35.8 Å². The van der Waals surface area contributed by atoms with Crippen LogP contribution in [0.3, 0.4) is 0 Å². The maximum Gasteiger partial charge on any atom is 0.317 e. The molecule has 0 rings (SSSR count). The summed E-state index contributed by atoms with van der Waals surface area (Å²) in [4.78, 5) is 77.3. The number of rotatable bonds is 32. The monoisotopic (exact) mass is 858 g/mol. The summed E-state index contributed by atoms with van der Waals surface area (Å²) in [5.41, 5.74) is -9.18. The molecule has 0 fully saturated rings. The molecule has 0 saturated heterocycles. The van der Waals surface area contributed by atoms with Gasteiger partial charge in [0.15, 0.2) is 0 Å². The van der Waals surface area contributed by atoms with Crippen LogP contribution in [0.15, 0.2) is 0 Å².